The van der Waals surface area contributed by atoms with Gasteiger partial charge in [0.05, 0.1) is 6.33 Å². The van der Waals surface area contributed by atoms with Crippen molar-refractivity contribution in [2.75, 3.05) is 6.54 Å². The second-order valence-electron chi connectivity index (χ2n) is 4.97. The number of imidazole rings is 1. The Kier molecular flexibility index (Phi) is 2.35. The highest BCUT2D eigenvalue weighted by molar-refractivity contribution is 5.02. The van der Waals surface area contributed by atoms with E-state index < -0.39 is 0 Å². The molecule has 1 aliphatic carbocycles. The summed E-state index contributed by atoms with van der Waals surface area (Å²) in [6, 6.07) is 0. The lowest BCUT2D eigenvalue weighted by molar-refractivity contribution is 0.490. The molecule has 2 rings (SSSR count). The lowest BCUT2D eigenvalue weighted by atomic mass is 10.1. The normalized spacial score (nSPS) is 23.8. The molecule has 0 saturated heterocycles. The topological polar surface area (TPSA) is 43.8 Å². The van der Waals surface area contributed by atoms with Gasteiger partial charge in [0.1, 0.15) is 0 Å². The Labute approximate surface area is 85.3 Å². The molecule has 2 N–H and O–H groups in total. The Hall–Kier alpha value is -0.830. The van der Waals surface area contributed by atoms with Gasteiger partial charge in [-0.3, -0.25) is 0 Å². The SMILES string of the molecule is CC1(C)CC1Cn1cncc1CCN. The summed E-state index contributed by atoms with van der Waals surface area (Å²) in [5.41, 5.74) is 7.37. The molecule has 3 nitrogen and oxygen atoms in total. The molecule has 0 amide bonds. The van der Waals surface area contributed by atoms with Crippen LogP contribution in [0.15, 0.2) is 12.5 Å². The van der Waals surface area contributed by atoms with Gasteiger partial charge in [-0.05, 0) is 24.3 Å². The number of hydrogen-bond donors (Lipinski definition) is 1. The van der Waals surface area contributed by atoms with Gasteiger partial charge in [-0.15, -0.1) is 0 Å². The van der Waals surface area contributed by atoms with Crippen LogP contribution in [0.1, 0.15) is 26.0 Å². The van der Waals surface area contributed by atoms with Gasteiger partial charge in [-0.25, -0.2) is 4.98 Å². The number of nitrogens with two attached hydrogens (primary N) is 1. The van der Waals surface area contributed by atoms with Gasteiger partial charge in [0, 0.05) is 24.9 Å². The van der Waals surface area contributed by atoms with Crippen molar-refractivity contribution >= 4 is 0 Å². The molecule has 0 radical (unpaired) electrons. The van der Waals surface area contributed by atoms with Crippen LogP contribution in [-0.4, -0.2) is 16.1 Å². The van der Waals surface area contributed by atoms with E-state index in [0.717, 1.165) is 18.9 Å². The monoisotopic (exact) mass is 193 g/mol. The third kappa shape index (κ3) is 1.82. The van der Waals surface area contributed by atoms with Gasteiger partial charge in [0.2, 0.25) is 0 Å². The highest BCUT2D eigenvalue weighted by Gasteiger charge is 2.45. The number of rotatable bonds is 4. The van der Waals surface area contributed by atoms with Crippen molar-refractivity contribution in [3.63, 3.8) is 0 Å². The minimum Gasteiger partial charge on any atom is -0.334 e. The highest BCUT2D eigenvalue weighted by Crippen LogP contribution is 2.52. The highest BCUT2D eigenvalue weighted by atomic mass is 15.1. The van der Waals surface area contributed by atoms with E-state index in [1.54, 1.807) is 0 Å². The fourth-order valence-electron chi connectivity index (χ4n) is 1.99. The molecule has 1 unspecified atom stereocenters. The zero-order chi connectivity index (χ0) is 10.2. The first-order valence-electron chi connectivity index (χ1n) is 5.32. The van der Waals surface area contributed by atoms with Crippen molar-refractivity contribution in [2.45, 2.75) is 33.2 Å². The summed E-state index contributed by atoms with van der Waals surface area (Å²) in [5.74, 6) is 0.827. The van der Waals surface area contributed by atoms with Crippen molar-refractivity contribution < 1.29 is 0 Å². The van der Waals surface area contributed by atoms with Crippen LogP contribution >= 0.6 is 0 Å². The van der Waals surface area contributed by atoms with Crippen LogP contribution in [0.25, 0.3) is 0 Å². The van der Waals surface area contributed by atoms with Crippen molar-refractivity contribution in [2.24, 2.45) is 17.1 Å². The average Bonchev–Trinajstić information content (AvgIpc) is 2.55. The Bertz CT molecular complexity index is 314. The summed E-state index contributed by atoms with van der Waals surface area (Å²) < 4.78 is 2.26. The molecule has 1 fully saturated rings. The second-order valence-corrected chi connectivity index (χ2v) is 4.97. The van der Waals surface area contributed by atoms with E-state index in [1.807, 2.05) is 12.5 Å². The van der Waals surface area contributed by atoms with Crippen LogP contribution < -0.4 is 5.73 Å². The quantitative estimate of drug-likeness (QED) is 0.786. The van der Waals surface area contributed by atoms with Gasteiger partial charge < -0.3 is 10.3 Å². The summed E-state index contributed by atoms with van der Waals surface area (Å²) in [4.78, 5) is 4.18. The smallest absolute Gasteiger partial charge is 0.0948 e. The first kappa shape index (κ1) is 9.71. The largest absolute Gasteiger partial charge is 0.334 e. The molecule has 0 aliphatic heterocycles. The third-order valence-electron chi connectivity index (χ3n) is 3.33. The molecule has 1 aliphatic rings. The van der Waals surface area contributed by atoms with Crippen molar-refractivity contribution in [3.8, 4) is 0 Å². The molecular weight excluding hydrogens is 174 g/mol. The summed E-state index contributed by atoms with van der Waals surface area (Å²) in [6.45, 7) is 6.48. The average molecular weight is 193 g/mol. The van der Waals surface area contributed by atoms with Crippen LogP contribution in [0.3, 0.4) is 0 Å². The zero-order valence-electron chi connectivity index (χ0n) is 9.03. The molecule has 14 heavy (non-hydrogen) atoms. The van der Waals surface area contributed by atoms with Crippen LogP contribution in [-0.2, 0) is 13.0 Å². The van der Waals surface area contributed by atoms with E-state index in [2.05, 4.69) is 23.4 Å². The fraction of sp³-hybridized carbons (Fsp3) is 0.727. The lowest BCUT2D eigenvalue weighted by Crippen LogP contribution is -2.10. The van der Waals surface area contributed by atoms with Gasteiger partial charge in [-0.1, -0.05) is 13.8 Å². The molecule has 0 spiro atoms. The van der Waals surface area contributed by atoms with E-state index in [1.165, 1.54) is 12.1 Å². The first-order chi connectivity index (χ1) is 6.63. The predicted octanol–water partition coefficient (Wildman–Crippen LogP) is 1.43. The van der Waals surface area contributed by atoms with Gasteiger partial charge in [0.25, 0.3) is 0 Å². The molecular formula is C11H19N3. The first-order valence-corrected chi connectivity index (χ1v) is 5.32. The minimum absolute atomic E-state index is 0.546. The third-order valence-corrected chi connectivity index (χ3v) is 3.33. The Morgan fingerprint density at radius 2 is 2.36 bits per heavy atom. The predicted molar refractivity (Wildman–Crippen MR) is 56.9 cm³/mol. The summed E-state index contributed by atoms with van der Waals surface area (Å²) in [5, 5.41) is 0. The van der Waals surface area contributed by atoms with Gasteiger partial charge in [0.15, 0.2) is 0 Å². The maximum absolute atomic E-state index is 5.55. The zero-order valence-corrected chi connectivity index (χ0v) is 9.03. The standard InChI is InChI=1S/C11H19N3/c1-11(2)5-9(11)7-14-8-13-6-10(14)3-4-12/h6,8-9H,3-5,7,12H2,1-2H3. The molecule has 0 aromatic carbocycles. The fourth-order valence-corrected chi connectivity index (χ4v) is 1.99. The van der Waals surface area contributed by atoms with Gasteiger partial charge >= 0.3 is 0 Å². The summed E-state index contributed by atoms with van der Waals surface area (Å²) >= 11 is 0. The van der Waals surface area contributed by atoms with E-state index in [9.17, 15) is 0 Å². The van der Waals surface area contributed by atoms with E-state index >= 15 is 0 Å². The van der Waals surface area contributed by atoms with E-state index in [4.69, 9.17) is 5.73 Å². The molecule has 1 saturated carbocycles. The molecule has 1 aromatic rings. The molecule has 0 bridgehead atoms. The van der Waals surface area contributed by atoms with Crippen LogP contribution in [0.4, 0.5) is 0 Å². The summed E-state index contributed by atoms with van der Waals surface area (Å²) in [6.07, 6.45) is 6.14. The molecule has 1 aromatic heterocycles. The van der Waals surface area contributed by atoms with Crippen LogP contribution in [0, 0.1) is 11.3 Å². The lowest BCUT2D eigenvalue weighted by Gasteiger charge is -2.08. The minimum atomic E-state index is 0.546. The van der Waals surface area contributed by atoms with Crippen LogP contribution in [0.5, 0.6) is 0 Å². The van der Waals surface area contributed by atoms with E-state index in [0.29, 0.717) is 12.0 Å². The Morgan fingerprint density at radius 3 is 2.93 bits per heavy atom. The van der Waals surface area contributed by atoms with E-state index in [-0.39, 0.29) is 0 Å². The maximum atomic E-state index is 5.55. The van der Waals surface area contributed by atoms with Crippen molar-refractivity contribution in [3.05, 3.63) is 18.2 Å². The Balaban J connectivity index is 1.99. The van der Waals surface area contributed by atoms with Crippen LogP contribution in [0.2, 0.25) is 0 Å². The van der Waals surface area contributed by atoms with Crippen molar-refractivity contribution in [1.29, 1.82) is 0 Å². The van der Waals surface area contributed by atoms with Crippen molar-refractivity contribution in [1.82, 2.24) is 9.55 Å². The maximum Gasteiger partial charge on any atom is 0.0948 e. The molecule has 1 atom stereocenters. The second kappa shape index (κ2) is 3.39. The number of aromatic nitrogens is 2. The number of hydrogen-bond acceptors (Lipinski definition) is 2. The summed E-state index contributed by atoms with van der Waals surface area (Å²) in [7, 11) is 0. The van der Waals surface area contributed by atoms with Gasteiger partial charge in [-0.2, -0.15) is 0 Å². The molecule has 1 heterocycles. The number of nitrogens with zero attached hydrogens (tertiary/aromatic N) is 2. The molecule has 3 heteroatoms. The Morgan fingerprint density at radius 1 is 1.64 bits per heavy atom. The molecule has 78 valence electrons.